The minimum Gasteiger partial charge on any atom is -0.508 e. The third kappa shape index (κ3) is 4.09. The second kappa shape index (κ2) is 10.4. The third-order valence-electron chi connectivity index (χ3n) is 8.75. The van der Waals surface area contributed by atoms with Gasteiger partial charge >= 0.3 is 0 Å². The first-order valence-electron chi connectivity index (χ1n) is 13.3. The predicted octanol–water partition coefficient (Wildman–Crippen LogP) is 2.41. The lowest BCUT2D eigenvalue weighted by Crippen LogP contribution is -2.70. The monoisotopic (exact) mass is 594 g/mol. The van der Waals surface area contributed by atoms with Gasteiger partial charge in [0.05, 0.1) is 23.6 Å². The minimum absolute atomic E-state index is 0.0642. The van der Waals surface area contributed by atoms with Crippen LogP contribution in [0.1, 0.15) is 40.7 Å². The zero-order valence-electron chi connectivity index (χ0n) is 23.1. The number of hydrogen-bond donors (Lipinski definition) is 6. The normalized spacial score (nSPS) is 29.2. The van der Waals surface area contributed by atoms with Crippen LogP contribution in [-0.4, -0.2) is 79.7 Å². The number of phenolic OH excluding ortho intramolecular Hbond substituents is 1. The van der Waals surface area contributed by atoms with Gasteiger partial charge in [-0.05, 0) is 36.7 Å². The number of Topliss-reactive ketones (excluding diaryl/α,β-unsaturated/α-hetero) is 2. The maximum atomic E-state index is 14.1. The number of halogens is 1. The van der Waals surface area contributed by atoms with Crippen LogP contribution < -0.4 is 5.73 Å². The number of amides is 1. The Hall–Kier alpha value is -3.96. The van der Waals surface area contributed by atoms with Gasteiger partial charge in [0.25, 0.3) is 5.91 Å². The number of aromatic hydroxyl groups is 1. The quantitative estimate of drug-likeness (QED) is 0.172. The number of benzene rings is 2. The van der Waals surface area contributed by atoms with Crippen LogP contribution in [0.3, 0.4) is 0 Å². The third-order valence-corrected chi connectivity index (χ3v) is 9.06. The number of carbonyl (C=O) groups excluding carboxylic acids is 3. The van der Waals surface area contributed by atoms with E-state index in [0.717, 1.165) is 11.1 Å². The molecule has 3 aliphatic rings. The summed E-state index contributed by atoms with van der Waals surface area (Å²) in [6.07, 6.45) is 1.73. The van der Waals surface area contributed by atoms with Crippen molar-refractivity contribution < 1.29 is 39.9 Å². The van der Waals surface area contributed by atoms with Gasteiger partial charge < -0.3 is 31.3 Å². The number of aliphatic hydroxyl groups excluding tert-OH is 3. The maximum Gasteiger partial charge on any atom is 0.255 e. The highest BCUT2D eigenvalue weighted by molar-refractivity contribution is 6.24. The zero-order chi connectivity index (χ0) is 30.8. The molecule has 220 valence electrons. The molecule has 1 saturated carbocycles. The molecule has 6 atom stereocenters. The van der Waals surface area contributed by atoms with Crippen LogP contribution in [0.4, 0.5) is 0 Å². The Kier molecular flexibility index (Phi) is 7.31. The van der Waals surface area contributed by atoms with Crippen LogP contribution in [0, 0.1) is 11.8 Å². The zero-order valence-corrected chi connectivity index (χ0v) is 23.8. The maximum absolute atomic E-state index is 14.1. The van der Waals surface area contributed by atoms with Crippen molar-refractivity contribution in [2.45, 2.75) is 36.5 Å². The lowest BCUT2D eigenvalue weighted by Gasteiger charge is -2.53. The van der Waals surface area contributed by atoms with Gasteiger partial charge in [-0.3, -0.25) is 19.3 Å². The van der Waals surface area contributed by atoms with Crippen molar-refractivity contribution in [3.05, 3.63) is 81.1 Å². The highest BCUT2D eigenvalue weighted by Crippen LogP contribution is 2.56. The molecule has 0 aliphatic heterocycles. The first-order valence-corrected chi connectivity index (χ1v) is 13.8. The van der Waals surface area contributed by atoms with Gasteiger partial charge in [0.1, 0.15) is 22.8 Å². The van der Waals surface area contributed by atoms with E-state index in [2.05, 4.69) is 0 Å². The SMILES string of the molecule is C[C@H]1c2ccc(/C=C/c3ccc(CCl)cc3)c(O)c2C(O)=C2C(=O)[C@]3(O)C(O)=C(C(N)=O)C(=O)[C@@H](N(C)C)[C@@H]3[C@H](O)[C@H]21. The summed E-state index contributed by atoms with van der Waals surface area (Å²) in [7, 11) is 2.92. The van der Waals surface area contributed by atoms with Gasteiger partial charge in [0.2, 0.25) is 5.78 Å². The molecular weight excluding hydrogens is 564 g/mol. The fourth-order valence-corrected chi connectivity index (χ4v) is 6.85. The fourth-order valence-electron chi connectivity index (χ4n) is 6.67. The van der Waals surface area contributed by atoms with E-state index < -0.39 is 75.6 Å². The molecule has 0 bridgehead atoms. The average Bonchev–Trinajstić information content (AvgIpc) is 2.94. The highest BCUT2D eigenvalue weighted by atomic mass is 35.5. The van der Waals surface area contributed by atoms with Crippen LogP contribution >= 0.6 is 11.6 Å². The van der Waals surface area contributed by atoms with Gasteiger partial charge in [-0.1, -0.05) is 55.5 Å². The Morgan fingerprint density at radius 1 is 1.07 bits per heavy atom. The van der Waals surface area contributed by atoms with Crippen LogP contribution in [0.15, 0.2) is 53.3 Å². The van der Waals surface area contributed by atoms with Gasteiger partial charge in [-0.2, -0.15) is 0 Å². The standard InChI is InChI=1S/C31H31ClN2O8/c1-13-17-11-10-16(9-8-14-4-6-15(12-32)7-5-14)24(35)19(17)25(36)20-18(13)26(37)22-23(34(2)3)27(38)21(30(33)41)29(40)31(22,42)28(20)39/h4-11,13,18,22-23,26,35-37,40,42H,12H2,1-3H3,(H2,33,41)/b9-8+/t13-,18-,22+,23-,26+,31-/m0/s1. The van der Waals surface area contributed by atoms with Crippen molar-refractivity contribution >= 4 is 47.0 Å². The Balaban J connectivity index is 1.68. The van der Waals surface area contributed by atoms with Crippen molar-refractivity contribution in [1.29, 1.82) is 0 Å². The molecule has 1 fully saturated rings. The van der Waals surface area contributed by atoms with Crippen molar-refractivity contribution in [3.8, 4) is 5.75 Å². The summed E-state index contributed by atoms with van der Waals surface area (Å²) in [5.41, 5.74) is 3.47. The fraction of sp³-hybridized carbons (Fsp3) is 0.323. The van der Waals surface area contributed by atoms with Crippen molar-refractivity contribution in [3.63, 3.8) is 0 Å². The molecule has 2 aromatic rings. The van der Waals surface area contributed by atoms with Gasteiger partial charge in [-0.15, -0.1) is 11.6 Å². The lowest BCUT2D eigenvalue weighted by atomic mass is 9.54. The van der Waals surface area contributed by atoms with E-state index in [1.54, 1.807) is 31.2 Å². The molecule has 7 N–H and O–H groups in total. The first-order chi connectivity index (χ1) is 19.8. The van der Waals surface area contributed by atoms with Crippen LogP contribution in [-0.2, 0) is 20.3 Å². The minimum atomic E-state index is -2.95. The molecule has 3 aliphatic carbocycles. The van der Waals surface area contributed by atoms with E-state index in [0.29, 0.717) is 17.0 Å². The second-order valence-electron chi connectivity index (χ2n) is 11.2. The molecule has 0 saturated heterocycles. The number of aliphatic hydroxyl groups is 4. The number of ketones is 2. The number of primary amides is 1. The van der Waals surface area contributed by atoms with Crippen molar-refractivity contribution in [1.82, 2.24) is 4.90 Å². The molecule has 42 heavy (non-hydrogen) atoms. The van der Waals surface area contributed by atoms with Gasteiger partial charge in [-0.25, -0.2) is 0 Å². The summed E-state index contributed by atoms with van der Waals surface area (Å²) in [6.45, 7) is 1.68. The molecule has 1 amide bonds. The molecule has 11 heteroatoms. The number of fused-ring (bicyclic) bond motifs is 3. The number of alkyl halides is 1. The molecule has 0 radical (unpaired) electrons. The van der Waals surface area contributed by atoms with E-state index in [1.165, 1.54) is 19.0 Å². The molecule has 10 nitrogen and oxygen atoms in total. The highest BCUT2D eigenvalue weighted by Gasteiger charge is 2.68. The Morgan fingerprint density at radius 2 is 1.71 bits per heavy atom. The summed E-state index contributed by atoms with van der Waals surface area (Å²) in [5, 5.41) is 57.2. The average molecular weight is 595 g/mol. The molecule has 5 rings (SSSR count). The summed E-state index contributed by atoms with van der Waals surface area (Å²) in [4.78, 5) is 40.8. The lowest BCUT2D eigenvalue weighted by molar-refractivity contribution is -0.169. The summed E-state index contributed by atoms with van der Waals surface area (Å²) >= 11 is 5.85. The van der Waals surface area contributed by atoms with E-state index in [1.807, 2.05) is 24.3 Å². The van der Waals surface area contributed by atoms with Crippen LogP contribution in [0.25, 0.3) is 17.9 Å². The molecule has 0 spiro atoms. The number of nitrogens with zero attached hydrogens (tertiary/aromatic N) is 1. The van der Waals surface area contributed by atoms with Crippen LogP contribution in [0.2, 0.25) is 0 Å². The summed E-state index contributed by atoms with van der Waals surface area (Å²) < 4.78 is 0. The Bertz CT molecular complexity index is 1610. The number of rotatable bonds is 5. The van der Waals surface area contributed by atoms with E-state index >= 15 is 0 Å². The Labute approximate surface area is 246 Å². The first kappa shape index (κ1) is 29.5. The number of hydrogen-bond acceptors (Lipinski definition) is 9. The number of nitrogens with two attached hydrogens (primary N) is 1. The van der Waals surface area contributed by atoms with Gasteiger partial charge in [0, 0.05) is 22.9 Å². The van der Waals surface area contributed by atoms with Gasteiger partial charge in [0.15, 0.2) is 11.4 Å². The summed E-state index contributed by atoms with van der Waals surface area (Å²) in [5.74, 6) is -8.81. The molecule has 0 heterocycles. The van der Waals surface area contributed by atoms with E-state index in [9.17, 15) is 39.9 Å². The topological polar surface area (TPSA) is 182 Å². The Morgan fingerprint density at radius 3 is 2.29 bits per heavy atom. The molecule has 2 aromatic carbocycles. The number of likely N-dealkylation sites (N-methyl/N-ethyl adjacent to an activating group) is 1. The second-order valence-corrected chi connectivity index (χ2v) is 11.5. The molecule has 0 aromatic heterocycles. The summed E-state index contributed by atoms with van der Waals surface area (Å²) in [6, 6.07) is 9.34. The van der Waals surface area contributed by atoms with Crippen molar-refractivity contribution in [2.24, 2.45) is 17.6 Å². The molecular formula is C31H31ClN2O8. The molecule has 0 unspecified atom stereocenters. The van der Waals surface area contributed by atoms with Crippen molar-refractivity contribution in [2.75, 3.05) is 14.1 Å². The van der Waals surface area contributed by atoms with Crippen LogP contribution in [0.5, 0.6) is 5.75 Å². The largest absolute Gasteiger partial charge is 0.508 e. The predicted molar refractivity (Wildman–Crippen MR) is 155 cm³/mol. The smallest absolute Gasteiger partial charge is 0.255 e. The number of carbonyl (C=O) groups is 3. The number of phenols is 1. The van der Waals surface area contributed by atoms with E-state index in [4.69, 9.17) is 17.3 Å². The van der Waals surface area contributed by atoms with E-state index in [-0.39, 0.29) is 11.3 Å².